The summed E-state index contributed by atoms with van der Waals surface area (Å²) < 4.78 is 0. The van der Waals surface area contributed by atoms with Crippen molar-refractivity contribution in [1.29, 1.82) is 0 Å². The van der Waals surface area contributed by atoms with Crippen LogP contribution >= 0.6 is 0 Å². The number of carboxylic acid groups (broad SMARTS) is 1. The molecule has 6 heteroatoms. The van der Waals surface area contributed by atoms with Crippen LogP contribution in [0.5, 0.6) is 0 Å². The molecular formula is C13H17N3O3. The average Bonchev–Trinajstić information content (AvgIpc) is 2.32. The number of hydrogen-bond acceptors (Lipinski definition) is 4. The highest BCUT2D eigenvalue weighted by atomic mass is 16.4. The third kappa shape index (κ3) is 2.72. The highest BCUT2D eigenvalue weighted by molar-refractivity contribution is 5.93. The van der Waals surface area contributed by atoms with Gasteiger partial charge in [0, 0.05) is 12.1 Å². The zero-order valence-corrected chi connectivity index (χ0v) is 11.0. The Morgan fingerprint density at radius 3 is 2.21 bits per heavy atom. The Morgan fingerprint density at radius 2 is 1.84 bits per heavy atom. The summed E-state index contributed by atoms with van der Waals surface area (Å²) in [5, 5.41) is 8.75. The van der Waals surface area contributed by atoms with E-state index in [0.717, 1.165) is 25.5 Å². The fourth-order valence-corrected chi connectivity index (χ4v) is 2.17. The lowest BCUT2D eigenvalue weighted by Crippen LogP contribution is -2.48. The molecule has 0 atom stereocenters. The monoisotopic (exact) mass is 263 g/mol. The summed E-state index contributed by atoms with van der Waals surface area (Å²) in [6.07, 6.45) is 5.54. The Kier molecular flexibility index (Phi) is 3.78. The molecule has 19 heavy (non-hydrogen) atoms. The van der Waals surface area contributed by atoms with Crippen LogP contribution in [0.4, 0.5) is 0 Å². The van der Waals surface area contributed by atoms with E-state index in [1.807, 2.05) is 18.7 Å². The molecule has 0 aromatic carbocycles. The van der Waals surface area contributed by atoms with Crippen molar-refractivity contribution in [3.05, 3.63) is 23.8 Å². The van der Waals surface area contributed by atoms with E-state index in [1.165, 1.54) is 6.20 Å². The number of amides is 1. The number of carbonyl (C=O) groups is 2. The van der Waals surface area contributed by atoms with Gasteiger partial charge in [0.05, 0.1) is 12.4 Å². The molecule has 0 spiro atoms. The SMILES string of the molecule is CC(C)N(C(=O)c1cnc(C(=O)O)cn1)C1CCC1. The number of hydrogen-bond donors (Lipinski definition) is 1. The summed E-state index contributed by atoms with van der Waals surface area (Å²) in [4.78, 5) is 32.5. The van der Waals surface area contributed by atoms with Gasteiger partial charge in [-0.25, -0.2) is 14.8 Å². The van der Waals surface area contributed by atoms with Crippen LogP contribution in [-0.2, 0) is 0 Å². The Morgan fingerprint density at radius 1 is 1.26 bits per heavy atom. The Hall–Kier alpha value is -1.98. The number of aromatic nitrogens is 2. The van der Waals surface area contributed by atoms with Crippen LogP contribution in [-0.4, -0.2) is 43.9 Å². The maximum Gasteiger partial charge on any atom is 0.356 e. The third-order valence-electron chi connectivity index (χ3n) is 3.35. The van der Waals surface area contributed by atoms with E-state index in [9.17, 15) is 9.59 Å². The fraction of sp³-hybridized carbons (Fsp3) is 0.538. The van der Waals surface area contributed by atoms with Crippen LogP contribution in [0.2, 0.25) is 0 Å². The van der Waals surface area contributed by atoms with Crippen LogP contribution in [0.25, 0.3) is 0 Å². The van der Waals surface area contributed by atoms with E-state index in [1.54, 1.807) is 0 Å². The molecule has 0 aliphatic heterocycles. The predicted octanol–water partition coefficient (Wildman–Crippen LogP) is 1.58. The van der Waals surface area contributed by atoms with Crippen molar-refractivity contribution in [2.24, 2.45) is 0 Å². The first kappa shape index (κ1) is 13.5. The maximum atomic E-state index is 12.4. The zero-order chi connectivity index (χ0) is 14.0. The van der Waals surface area contributed by atoms with Crippen LogP contribution in [0.15, 0.2) is 12.4 Å². The van der Waals surface area contributed by atoms with Crippen molar-refractivity contribution >= 4 is 11.9 Å². The van der Waals surface area contributed by atoms with Gasteiger partial charge in [0.25, 0.3) is 5.91 Å². The van der Waals surface area contributed by atoms with E-state index in [2.05, 4.69) is 9.97 Å². The molecule has 2 rings (SSSR count). The molecule has 0 bridgehead atoms. The zero-order valence-electron chi connectivity index (χ0n) is 11.0. The average molecular weight is 263 g/mol. The summed E-state index contributed by atoms with van der Waals surface area (Å²) >= 11 is 0. The lowest BCUT2D eigenvalue weighted by Gasteiger charge is -2.40. The van der Waals surface area contributed by atoms with Gasteiger partial charge in [0.2, 0.25) is 0 Å². The molecule has 0 radical (unpaired) electrons. The molecule has 0 unspecified atom stereocenters. The second kappa shape index (κ2) is 5.34. The minimum atomic E-state index is -1.15. The van der Waals surface area contributed by atoms with Gasteiger partial charge in [-0.05, 0) is 33.1 Å². The first-order chi connectivity index (χ1) is 9.00. The van der Waals surface area contributed by atoms with E-state index in [-0.39, 0.29) is 29.4 Å². The summed E-state index contributed by atoms with van der Waals surface area (Å²) in [6.45, 7) is 3.94. The molecule has 1 aliphatic rings. The second-order valence-corrected chi connectivity index (χ2v) is 4.98. The van der Waals surface area contributed by atoms with Gasteiger partial charge >= 0.3 is 5.97 Å². The van der Waals surface area contributed by atoms with Gasteiger partial charge in [-0.2, -0.15) is 0 Å². The molecule has 1 amide bonds. The van der Waals surface area contributed by atoms with Crippen molar-refractivity contribution in [2.45, 2.75) is 45.2 Å². The van der Waals surface area contributed by atoms with Crippen LogP contribution < -0.4 is 0 Å². The lowest BCUT2D eigenvalue weighted by atomic mass is 9.90. The van der Waals surface area contributed by atoms with Gasteiger partial charge in [0.15, 0.2) is 5.69 Å². The summed E-state index contributed by atoms with van der Waals surface area (Å²) in [6, 6.07) is 0.368. The molecule has 6 nitrogen and oxygen atoms in total. The number of carbonyl (C=O) groups excluding carboxylic acids is 1. The molecule has 1 aromatic rings. The lowest BCUT2D eigenvalue weighted by molar-refractivity contribution is 0.0481. The van der Waals surface area contributed by atoms with E-state index >= 15 is 0 Å². The van der Waals surface area contributed by atoms with Gasteiger partial charge in [-0.1, -0.05) is 0 Å². The van der Waals surface area contributed by atoms with E-state index in [4.69, 9.17) is 5.11 Å². The van der Waals surface area contributed by atoms with E-state index < -0.39 is 5.97 Å². The smallest absolute Gasteiger partial charge is 0.356 e. The van der Waals surface area contributed by atoms with Crippen molar-refractivity contribution < 1.29 is 14.7 Å². The van der Waals surface area contributed by atoms with Crippen LogP contribution in [0.3, 0.4) is 0 Å². The summed E-state index contributed by atoms with van der Waals surface area (Å²) in [5.41, 5.74) is 0.0434. The van der Waals surface area contributed by atoms with Gasteiger partial charge in [-0.15, -0.1) is 0 Å². The molecule has 102 valence electrons. The molecule has 1 N–H and O–H groups in total. The van der Waals surface area contributed by atoms with E-state index in [0.29, 0.717) is 0 Å². The number of nitrogens with zero attached hydrogens (tertiary/aromatic N) is 3. The molecule has 1 heterocycles. The van der Waals surface area contributed by atoms with Gasteiger partial charge in [0.1, 0.15) is 5.69 Å². The normalized spacial score (nSPS) is 15.1. The Balaban J connectivity index is 2.19. The highest BCUT2D eigenvalue weighted by Gasteiger charge is 2.32. The molecular weight excluding hydrogens is 246 g/mol. The van der Waals surface area contributed by atoms with Gasteiger partial charge < -0.3 is 10.0 Å². The van der Waals surface area contributed by atoms with Crippen molar-refractivity contribution in [3.8, 4) is 0 Å². The maximum absolute atomic E-state index is 12.4. The fourth-order valence-electron chi connectivity index (χ4n) is 2.17. The molecule has 0 saturated heterocycles. The van der Waals surface area contributed by atoms with Crippen LogP contribution in [0, 0.1) is 0 Å². The van der Waals surface area contributed by atoms with Gasteiger partial charge in [-0.3, -0.25) is 4.79 Å². The summed E-state index contributed by atoms with van der Waals surface area (Å²) in [5.74, 6) is -1.32. The molecule has 1 aromatic heterocycles. The van der Waals surface area contributed by atoms with Crippen molar-refractivity contribution in [2.75, 3.05) is 0 Å². The quantitative estimate of drug-likeness (QED) is 0.891. The van der Waals surface area contributed by atoms with Crippen molar-refractivity contribution in [1.82, 2.24) is 14.9 Å². The van der Waals surface area contributed by atoms with Crippen molar-refractivity contribution in [3.63, 3.8) is 0 Å². The minimum Gasteiger partial charge on any atom is -0.476 e. The number of aromatic carboxylic acids is 1. The largest absolute Gasteiger partial charge is 0.476 e. The Labute approximate surface area is 111 Å². The number of carboxylic acids is 1. The molecule has 1 aliphatic carbocycles. The first-order valence-corrected chi connectivity index (χ1v) is 6.38. The van der Waals surface area contributed by atoms with Crippen LogP contribution in [0.1, 0.15) is 54.1 Å². The summed E-state index contributed by atoms with van der Waals surface area (Å²) in [7, 11) is 0. The highest BCUT2D eigenvalue weighted by Crippen LogP contribution is 2.27. The third-order valence-corrected chi connectivity index (χ3v) is 3.35. The standard InChI is InChI=1S/C13H17N3O3/c1-8(2)16(9-4-3-5-9)12(17)10-6-15-11(7-14-10)13(18)19/h6-9H,3-5H2,1-2H3,(H,18,19). The minimum absolute atomic E-state index is 0.0961. The second-order valence-electron chi connectivity index (χ2n) is 4.98. The Bertz CT molecular complexity index is 480. The predicted molar refractivity (Wildman–Crippen MR) is 67.9 cm³/mol. The topological polar surface area (TPSA) is 83.4 Å². The first-order valence-electron chi connectivity index (χ1n) is 6.38. The number of rotatable bonds is 4. The molecule has 1 fully saturated rings. The molecule has 1 saturated carbocycles.